The highest BCUT2D eigenvalue weighted by Crippen LogP contribution is 2.34. The third-order valence-electron chi connectivity index (χ3n) is 3.22. The van der Waals surface area contributed by atoms with Gasteiger partial charge in [-0.25, -0.2) is 4.79 Å². The number of fused-ring (bicyclic) bond motifs is 1. The van der Waals surface area contributed by atoms with Crippen LogP contribution in [-0.4, -0.2) is 34.2 Å². The Morgan fingerprint density at radius 3 is 2.61 bits per heavy atom. The molecule has 0 aromatic heterocycles. The molecule has 0 spiro atoms. The Bertz CT molecular complexity index is 484. The second-order valence-electron chi connectivity index (χ2n) is 4.52. The molecular formula is C13H15NO4. The summed E-state index contributed by atoms with van der Waals surface area (Å²) in [6, 6.07) is 6.30. The van der Waals surface area contributed by atoms with Crippen molar-refractivity contribution in [1.82, 2.24) is 5.32 Å². The van der Waals surface area contributed by atoms with Crippen LogP contribution in [0.25, 0.3) is 0 Å². The van der Waals surface area contributed by atoms with E-state index in [4.69, 9.17) is 5.11 Å². The van der Waals surface area contributed by atoms with Crippen LogP contribution in [0.5, 0.6) is 0 Å². The summed E-state index contributed by atoms with van der Waals surface area (Å²) in [5.41, 5.74) is 2.05. The molecule has 96 valence electrons. The van der Waals surface area contributed by atoms with Crippen molar-refractivity contribution in [2.24, 2.45) is 0 Å². The number of carbonyl (C=O) groups excluding carboxylic acids is 1. The summed E-state index contributed by atoms with van der Waals surface area (Å²) < 4.78 is 0. The predicted octanol–water partition coefficient (Wildman–Crippen LogP) is 0.276. The number of aliphatic hydroxyl groups excluding tert-OH is 1. The number of hydrogen-bond donors (Lipinski definition) is 3. The largest absolute Gasteiger partial charge is 0.480 e. The molecule has 0 aliphatic heterocycles. The SMILES string of the molecule is CC(O)C(NC(=O)C1Cc2ccccc21)C(=O)O. The minimum Gasteiger partial charge on any atom is -0.480 e. The zero-order valence-electron chi connectivity index (χ0n) is 9.96. The van der Waals surface area contributed by atoms with Gasteiger partial charge >= 0.3 is 5.97 Å². The van der Waals surface area contributed by atoms with Crippen molar-refractivity contribution in [3.05, 3.63) is 35.4 Å². The van der Waals surface area contributed by atoms with Crippen molar-refractivity contribution in [2.45, 2.75) is 31.4 Å². The van der Waals surface area contributed by atoms with Gasteiger partial charge in [0.15, 0.2) is 6.04 Å². The lowest BCUT2D eigenvalue weighted by Crippen LogP contribution is -2.50. The summed E-state index contributed by atoms with van der Waals surface area (Å²) in [4.78, 5) is 22.8. The first-order chi connectivity index (χ1) is 8.50. The van der Waals surface area contributed by atoms with Crippen molar-refractivity contribution in [2.75, 3.05) is 0 Å². The zero-order valence-corrected chi connectivity index (χ0v) is 9.96. The lowest BCUT2D eigenvalue weighted by atomic mass is 9.77. The Morgan fingerprint density at radius 2 is 2.06 bits per heavy atom. The number of carboxylic acids is 1. The van der Waals surface area contributed by atoms with E-state index in [1.807, 2.05) is 24.3 Å². The van der Waals surface area contributed by atoms with Gasteiger partial charge in [-0.05, 0) is 24.5 Å². The molecule has 1 aromatic rings. The number of aliphatic carboxylic acids is 1. The first-order valence-corrected chi connectivity index (χ1v) is 5.79. The molecule has 0 saturated heterocycles. The number of aliphatic hydroxyl groups is 1. The first kappa shape index (κ1) is 12.6. The van der Waals surface area contributed by atoms with Crippen LogP contribution in [0.3, 0.4) is 0 Å². The van der Waals surface area contributed by atoms with E-state index >= 15 is 0 Å². The van der Waals surface area contributed by atoms with Gasteiger partial charge in [0, 0.05) is 0 Å². The van der Waals surface area contributed by atoms with E-state index in [0.717, 1.165) is 11.1 Å². The number of carbonyl (C=O) groups is 2. The van der Waals surface area contributed by atoms with Crippen LogP contribution in [0.1, 0.15) is 24.0 Å². The minimum atomic E-state index is -1.26. The van der Waals surface area contributed by atoms with Gasteiger partial charge in [-0.3, -0.25) is 4.79 Å². The van der Waals surface area contributed by atoms with E-state index in [2.05, 4.69) is 5.32 Å². The number of amides is 1. The average Bonchev–Trinajstić information content (AvgIpc) is 2.26. The van der Waals surface area contributed by atoms with Crippen molar-refractivity contribution in [1.29, 1.82) is 0 Å². The minimum absolute atomic E-state index is 0.304. The highest BCUT2D eigenvalue weighted by atomic mass is 16.4. The standard InChI is InChI=1S/C13H15NO4/c1-7(15)11(13(17)18)14-12(16)10-6-8-4-2-3-5-9(8)10/h2-5,7,10-11,15H,6H2,1H3,(H,14,16)(H,17,18). The number of nitrogens with one attached hydrogen (secondary N) is 1. The molecule has 5 nitrogen and oxygen atoms in total. The molecule has 0 radical (unpaired) electrons. The predicted molar refractivity (Wildman–Crippen MR) is 64.1 cm³/mol. The van der Waals surface area contributed by atoms with Gasteiger partial charge in [-0.1, -0.05) is 24.3 Å². The Hall–Kier alpha value is -1.88. The maximum absolute atomic E-state index is 11.9. The summed E-state index contributed by atoms with van der Waals surface area (Å²) in [6.07, 6.45) is -0.504. The molecule has 3 N–H and O–H groups in total. The van der Waals surface area contributed by atoms with Crippen molar-refractivity contribution < 1.29 is 19.8 Å². The highest BCUT2D eigenvalue weighted by molar-refractivity contribution is 5.90. The van der Waals surface area contributed by atoms with Crippen LogP contribution < -0.4 is 5.32 Å². The fourth-order valence-corrected chi connectivity index (χ4v) is 2.14. The summed E-state index contributed by atoms with van der Waals surface area (Å²) in [6.45, 7) is 1.34. The smallest absolute Gasteiger partial charge is 0.328 e. The molecule has 3 atom stereocenters. The van der Waals surface area contributed by atoms with Crippen molar-refractivity contribution in [3.63, 3.8) is 0 Å². The van der Waals surface area contributed by atoms with Crippen LogP contribution in [0, 0.1) is 0 Å². The van der Waals surface area contributed by atoms with Gasteiger partial charge in [0.25, 0.3) is 0 Å². The van der Waals surface area contributed by atoms with Gasteiger partial charge in [-0.15, -0.1) is 0 Å². The van der Waals surface area contributed by atoms with Gasteiger partial charge in [0.05, 0.1) is 12.0 Å². The van der Waals surface area contributed by atoms with Crippen LogP contribution >= 0.6 is 0 Å². The molecule has 0 bridgehead atoms. The number of carboxylic acid groups (broad SMARTS) is 1. The fraction of sp³-hybridized carbons (Fsp3) is 0.385. The van der Waals surface area contributed by atoms with Crippen molar-refractivity contribution >= 4 is 11.9 Å². The molecule has 1 aliphatic rings. The third-order valence-corrected chi connectivity index (χ3v) is 3.22. The Labute approximate surface area is 104 Å². The number of benzene rings is 1. The number of rotatable bonds is 4. The fourth-order valence-electron chi connectivity index (χ4n) is 2.14. The summed E-state index contributed by atoms with van der Waals surface area (Å²) >= 11 is 0. The van der Waals surface area contributed by atoms with Crippen LogP contribution in [-0.2, 0) is 16.0 Å². The Balaban J connectivity index is 2.04. The Morgan fingerprint density at radius 1 is 1.39 bits per heavy atom. The highest BCUT2D eigenvalue weighted by Gasteiger charge is 2.35. The molecule has 18 heavy (non-hydrogen) atoms. The molecule has 1 aliphatic carbocycles. The van der Waals surface area contributed by atoms with E-state index in [1.165, 1.54) is 6.92 Å². The van der Waals surface area contributed by atoms with Crippen molar-refractivity contribution in [3.8, 4) is 0 Å². The van der Waals surface area contributed by atoms with E-state index < -0.39 is 18.1 Å². The second-order valence-corrected chi connectivity index (χ2v) is 4.52. The molecular weight excluding hydrogens is 234 g/mol. The van der Waals surface area contributed by atoms with E-state index in [-0.39, 0.29) is 11.8 Å². The third kappa shape index (κ3) is 2.22. The lowest BCUT2D eigenvalue weighted by Gasteiger charge is -2.30. The summed E-state index contributed by atoms with van der Waals surface area (Å²) in [7, 11) is 0. The first-order valence-electron chi connectivity index (χ1n) is 5.79. The van der Waals surface area contributed by atoms with Gasteiger partial charge in [-0.2, -0.15) is 0 Å². The molecule has 1 aromatic carbocycles. The van der Waals surface area contributed by atoms with E-state index in [0.29, 0.717) is 6.42 Å². The van der Waals surface area contributed by atoms with Crippen LogP contribution in [0.2, 0.25) is 0 Å². The molecule has 1 amide bonds. The zero-order chi connectivity index (χ0) is 13.3. The topological polar surface area (TPSA) is 86.6 Å². The monoisotopic (exact) mass is 249 g/mol. The van der Waals surface area contributed by atoms with Gasteiger partial charge < -0.3 is 15.5 Å². The molecule has 0 fully saturated rings. The van der Waals surface area contributed by atoms with E-state index in [9.17, 15) is 14.7 Å². The summed E-state index contributed by atoms with van der Waals surface area (Å²) in [5, 5.41) is 20.6. The van der Waals surface area contributed by atoms with Crippen LogP contribution in [0.4, 0.5) is 0 Å². The molecule has 0 heterocycles. The molecule has 5 heteroatoms. The van der Waals surface area contributed by atoms with Gasteiger partial charge in [0.2, 0.25) is 5.91 Å². The maximum atomic E-state index is 11.9. The average molecular weight is 249 g/mol. The van der Waals surface area contributed by atoms with Gasteiger partial charge in [0.1, 0.15) is 0 Å². The normalized spacial score (nSPS) is 20.2. The molecule has 0 saturated carbocycles. The summed E-state index contributed by atoms with van der Waals surface area (Å²) in [5.74, 6) is -1.88. The number of hydrogen-bond acceptors (Lipinski definition) is 3. The maximum Gasteiger partial charge on any atom is 0.328 e. The van der Waals surface area contributed by atoms with E-state index in [1.54, 1.807) is 0 Å². The van der Waals surface area contributed by atoms with Crippen LogP contribution in [0.15, 0.2) is 24.3 Å². The Kier molecular flexibility index (Phi) is 3.34. The second kappa shape index (κ2) is 4.78. The molecule has 3 unspecified atom stereocenters. The quantitative estimate of drug-likeness (QED) is 0.715. The molecule has 2 rings (SSSR count). The lowest BCUT2D eigenvalue weighted by molar-refractivity contribution is -0.145.